The number of ether oxygens (including phenoxy) is 1. The van der Waals surface area contributed by atoms with Gasteiger partial charge in [-0.3, -0.25) is 0 Å². The van der Waals surface area contributed by atoms with E-state index in [1.807, 2.05) is 38.1 Å². The van der Waals surface area contributed by atoms with Gasteiger partial charge in [0, 0.05) is 0 Å². The third-order valence-corrected chi connectivity index (χ3v) is 3.52. The van der Waals surface area contributed by atoms with Gasteiger partial charge in [-0.25, -0.2) is 0 Å². The van der Waals surface area contributed by atoms with E-state index >= 15 is 0 Å². The first-order valence-corrected chi connectivity index (χ1v) is 7.44. The summed E-state index contributed by atoms with van der Waals surface area (Å²) in [7, 11) is 0. The number of hydrogen-bond donors (Lipinski definition) is 0. The molecule has 0 fully saturated rings. The molecule has 0 N–H and O–H groups in total. The van der Waals surface area contributed by atoms with Crippen LogP contribution in [0.25, 0.3) is 0 Å². The first-order valence-electron chi connectivity index (χ1n) is 7.01. The van der Waals surface area contributed by atoms with Crippen LogP contribution in [0, 0.1) is 6.92 Å². The van der Waals surface area contributed by atoms with E-state index in [-0.39, 0.29) is 11.5 Å². The summed E-state index contributed by atoms with van der Waals surface area (Å²) in [6.45, 7) is 6.15. The predicted molar refractivity (Wildman–Crippen MR) is 85.7 cm³/mol. The molecular formula is C18H21ClO. The van der Waals surface area contributed by atoms with Crippen LogP contribution in [0.1, 0.15) is 35.9 Å². The minimum absolute atomic E-state index is 0.00935. The molecule has 2 rings (SSSR count). The molecule has 0 saturated heterocycles. The summed E-state index contributed by atoms with van der Waals surface area (Å²) in [5.41, 5.74) is 3.67. The highest BCUT2D eigenvalue weighted by atomic mass is 35.5. The van der Waals surface area contributed by atoms with Gasteiger partial charge in [0.05, 0.1) is 11.5 Å². The summed E-state index contributed by atoms with van der Waals surface area (Å²) in [5.74, 6) is 0.892. The lowest BCUT2D eigenvalue weighted by atomic mass is 10.0. The van der Waals surface area contributed by atoms with Crippen LogP contribution in [0.2, 0.25) is 0 Å². The third kappa shape index (κ3) is 4.28. The van der Waals surface area contributed by atoms with Crippen molar-refractivity contribution in [3.8, 4) is 5.75 Å². The van der Waals surface area contributed by atoms with Crippen molar-refractivity contribution < 1.29 is 4.74 Å². The number of benzene rings is 2. The first-order chi connectivity index (χ1) is 9.54. The molecule has 0 amide bonds. The second kappa shape index (κ2) is 6.81. The molecule has 0 spiro atoms. The van der Waals surface area contributed by atoms with Crippen molar-refractivity contribution in [3.05, 3.63) is 65.2 Å². The molecule has 0 radical (unpaired) electrons. The topological polar surface area (TPSA) is 9.23 Å². The zero-order valence-corrected chi connectivity index (χ0v) is 13.0. The van der Waals surface area contributed by atoms with Gasteiger partial charge < -0.3 is 4.74 Å². The molecule has 1 unspecified atom stereocenters. The molecule has 1 nitrogen and oxygen atoms in total. The van der Waals surface area contributed by atoms with E-state index in [9.17, 15) is 0 Å². The maximum absolute atomic E-state index is 6.51. The van der Waals surface area contributed by atoms with E-state index in [0.717, 1.165) is 17.7 Å². The number of aryl methyl sites for hydroxylation is 1. The molecule has 106 valence electrons. The van der Waals surface area contributed by atoms with Crippen LogP contribution in [-0.4, -0.2) is 6.10 Å². The molecule has 1 atom stereocenters. The molecular weight excluding hydrogens is 268 g/mol. The standard InChI is InChI=1S/C18H21ClO/c1-13(2)20-17-9-7-16(8-10-17)18(19)12-15-6-4-5-14(3)11-15/h4-11,13,18H,12H2,1-3H3. The van der Waals surface area contributed by atoms with Gasteiger partial charge in [0.15, 0.2) is 0 Å². The van der Waals surface area contributed by atoms with Gasteiger partial charge in [-0.2, -0.15) is 0 Å². The maximum atomic E-state index is 6.51. The highest BCUT2D eigenvalue weighted by Crippen LogP contribution is 2.27. The van der Waals surface area contributed by atoms with Crippen molar-refractivity contribution in [2.75, 3.05) is 0 Å². The van der Waals surface area contributed by atoms with E-state index in [1.165, 1.54) is 11.1 Å². The van der Waals surface area contributed by atoms with Crippen LogP contribution in [0.5, 0.6) is 5.75 Å². The Kier molecular flexibility index (Phi) is 5.08. The molecule has 0 aliphatic heterocycles. The minimum Gasteiger partial charge on any atom is -0.491 e. The number of alkyl halides is 1. The van der Waals surface area contributed by atoms with E-state index in [1.54, 1.807) is 0 Å². The van der Waals surface area contributed by atoms with Gasteiger partial charge in [0.25, 0.3) is 0 Å². The highest BCUT2D eigenvalue weighted by molar-refractivity contribution is 6.20. The third-order valence-electron chi connectivity index (χ3n) is 3.11. The molecule has 0 aliphatic carbocycles. The molecule has 2 aromatic rings. The summed E-state index contributed by atoms with van der Waals surface area (Å²) in [5, 5.41) is -0.00935. The molecule has 2 heteroatoms. The Hall–Kier alpha value is -1.47. The SMILES string of the molecule is Cc1cccc(CC(Cl)c2ccc(OC(C)C)cc2)c1. The van der Waals surface area contributed by atoms with Gasteiger partial charge in [0.1, 0.15) is 5.75 Å². The van der Waals surface area contributed by atoms with E-state index in [0.29, 0.717) is 0 Å². The Balaban J connectivity index is 2.03. The van der Waals surface area contributed by atoms with Gasteiger partial charge in [0.2, 0.25) is 0 Å². The number of halogens is 1. The quantitative estimate of drug-likeness (QED) is 0.678. The highest BCUT2D eigenvalue weighted by Gasteiger charge is 2.09. The fourth-order valence-electron chi connectivity index (χ4n) is 2.19. The lowest BCUT2D eigenvalue weighted by Crippen LogP contribution is -2.05. The van der Waals surface area contributed by atoms with Crippen molar-refractivity contribution in [1.29, 1.82) is 0 Å². The average molecular weight is 289 g/mol. The lowest BCUT2D eigenvalue weighted by molar-refractivity contribution is 0.242. The average Bonchev–Trinajstić information content (AvgIpc) is 2.38. The van der Waals surface area contributed by atoms with Crippen LogP contribution in [0.15, 0.2) is 48.5 Å². The normalized spacial score (nSPS) is 12.4. The van der Waals surface area contributed by atoms with E-state index in [2.05, 4.69) is 31.2 Å². The van der Waals surface area contributed by atoms with Crippen LogP contribution in [-0.2, 0) is 6.42 Å². The van der Waals surface area contributed by atoms with Crippen molar-refractivity contribution >= 4 is 11.6 Å². The fourth-order valence-corrected chi connectivity index (χ4v) is 2.51. The molecule has 20 heavy (non-hydrogen) atoms. The summed E-state index contributed by atoms with van der Waals surface area (Å²) < 4.78 is 5.64. The monoisotopic (exact) mass is 288 g/mol. The van der Waals surface area contributed by atoms with Crippen LogP contribution < -0.4 is 4.74 Å². The summed E-state index contributed by atoms with van der Waals surface area (Å²) in [6, 6.07) is 16.6. The lowest BCUT2D eigenvalue weighted by Gasteiger charge is -2.13. The Bertz CT molecular complexity index is 546. The Morgan fingerprint density at radius 2 is 1.75 bits per heavy atom. The predicted octanol–water partition coefficient (Wildman–Crippen LogP) is 5.30. The Morgan fingerprint density at radius 3 is 2.35 bits per heavy atom. The van der Waals surface area contributed by atoms with Crippen molar-refractivity contribution in [2.24, 2.45) is 0 Å². The number of hydrogen-bond acceptors (Lipinski definition) is 1. The van der Waals surface area contributed by atoms with Crippen LogP contribution in [0.4, 0.5) is 0 Å². The fraction of sp³-hybridized carbons (Fsp3) is 0.333. The van der Waals surface area contributed by atoms with Crippen LogP contribution >= 0.6 is 11.6 Å². The summed E-state index contributed by atoms with van der Waals surface area (Å²) >= 11 is 6.51. The molecule has 2 aromatic carbocycles. The largest absolute Gasteiger partial charge is 0.491 e. The second-order valence-electron chi connectivity index (χ2n) is 5.40. The Morgan fingerprint density at radius 1 is 1.05 bits per heavy atom. The van der Waals surface area contributed by atoms with Gasteiger partial charge in [-0.1, -0.05) is 42.0 Å². The van der Waals surface area contributed by atoms with Crippen molar-refractivity contribution in [2.45, 2.75) is 38.7 Å². The molecule has 0 saturated carbocycles. The zero-order chi connectivity index (χ0) is 14.5. The summed E-state index contributed by atoms with van der Waals surface area (Å²) in [4.78, 5) is 0. The van der Waals surface area contributed by atoms with Crippen LogP contribution in [0.3, 0.4) is 0 Å². The summed E-state index contributed by atoms with van der Waals surface area (Å²) in [6.07, 6.45) is 1.04. The maximum Gasteiger partial charge on any atom is 0.119 e. The van der Waals surface area contributed by atoms with Crippen molar-refractivity contribution in [3.63, 3.8) is 0 Å². The van der Waals surface area contributed by atoms with Gasteiger partial charge >= 0.3 is 0 Å². The van der Waals surface area contributed by atoms with Crippen molar-refractivity contribution in [1.82, 2.24) is 0 Å². The van der Waals surface area contributed by atoms with Gasteiger partial charge in [-0.15, -0.1) is 11.6 Å². The first kappa shape index (κ1) is 14.9. The molecule has 0 aromatic heterocycles. The molecule has 0 aliphatic rings. The van der Waals surface area contributed by atoms with E-state index in [4.69, 9.17) is 16.3 Å². The zero-order valence-electron chi connectivity index (χ0n) is 12.3. The number of rotatable bonds is 5. The smallest absolute Gasteiger partial charge is 0.119 e. The molecule has 0 bridgehead atoms. The molecule has 0 heterocycles. The Labute approximate surface area is 126 Å². The second-order valence-corrected chi connectivity index (χ2v) is 5.92. The van der Waals surface area contributed by atoms with Gasteiger partial charge in [-0.05, 0) is 50.5 Å². The minimum atomic E-state index is -0.00935. The van der Waals surface area contributed by atoms with E-state index < -0.39 is 0 Å².